The first-order valence-corrected chi connectivity index (χ1v) is 9.99. The molecule has 0 unspecified atom stereocenters. The Bertz CT molecular complexity index is 1020. The van der Waals surface area contributed by atoms with E-state index in [9.17, 15) is 14.7 Å². The second-order valence-electron chi connectivity index (χ2n) is 8.19. The van der Waals surface area contributed by atoms with Crippen molar-refractivity contribution in [3.05, 3.63) is 78.8 Å². The molecule has 0 aliphatic heterocycles. The van der Waals surface area contributed by atoms with Crippen LogP contribution in [0.4, 0.5) is 10.5 Å². The van der Waals surface area contributed by atoms with E-state index in [-0.39, 0.29) is 6.42 Å². The van der Waals surface area contributed by atoms with Crippen LogP contribution in [0, 0.1) is 0 Å². The number of anilines is 1. The minimum absolute atomic E-state index is 0.263. The van der Waals surface area contributed by atoms with E-state index < -0.39 is 23.6 Å². The third-order valence-electron chi connectivity index (χ3n) is 4.82. The van der Waals surface area contributed by atoms with Crippen molar-refractivity contribution >= 4 is 17.7 Å². The zero-order chi connectivity index (χ0) is 22.4. The molecule has 0 aliphatic rings. The Labute approximate surface area is 181 Å². The van der Waals surface area contributed by atoms with E-state index in [0.717, 1.165) is 16.8 Å². The van der Waals surface area contributed by atoms with Crippen LogP contribution in [0.15, 0.2) is 73.2 Å². The van der Waals surface area contributed by atoms with E-state index in [4.69, 9.17) is 0 Å². The standard InChI is InChI=1S/C24H26N4O3/c1-24(2,3)28(23(30)31)21(15-17-7-5-4-6-8-17)22(29)27-19-9-10-20(26-16-19)18-11-13-25-14-12-18/h4-14,16,21H,15H2,1-3H3,(H,27,29)(H,30,31)/t21-/m0/s1. The second kappa shape index (κ2) is 9.38. The molecule has 0 spiro atoms. The molecule has 0 radical (unpaired) electrons. The number of hydrogen-bond donors (Lipinski definition) is 2. The highest BCUT2D eigenvalue weighted by molar-refractivity contribution is 5.96. The molecule has 2 aromatic heterocycles. The molecule has 0 saturated heterocycles. The molecule has 0 saturated carbocycles. The van der Waals surface area contributed by atoms with Crippen molar-refractivity contribution in [2.75, 3.05) is 5.32 Å². The number of carboxylic acid groups (broad SMARTS) is 1. The summed E-state index contributed by atoms with van der Waals surface area (Å²) in [6, 6.07) is 15.7. The predicted octanol–water partition coefficient (Wildman–Crippen LogP) is 4.47. The SMILES string of the molecule is CC(C)(C)N(C(=O)O)[C@@H](Cc1ccccc1)C(=O)Nc1ccc(-c2ccncc2)nc1. The lowest BCUT2D eigenvalue weighted by atomic mass is 9.98. The van der Waals surface area contributed by atoms with Gasteiger partial charge in [-0.3, -0.25) is 19.7 Å². The largest absolute Gasteiger partial charge is 0.465 e. The molecule has 0 aliphatic carbocycles. The highest BCUT2D eigenvalue weighted by atomic mass is 16.4. The monoisotopic (exact) mass is 418 g/mol. The van der Waals surface area contributed by atoms with Gasteiger partial charge in [-0.1, -0.05) is 30.3 Å². The third kappa shape index (κ3) is 5.66. The number of hydrogen-bond acceptors (Lipinski definition) is 4. The molecule has 1 atom stereocenters. The van der Waals surface area contributed by atoms with Crippen molar-refractivity contribution in [2.24, 2.45) is 0 Å². The van der Waals surface area contributed by atoms with E-state index >= 15 is 0 Å². The number of aromatic nitrogens is 2. The van der Waals surface area contributed by atoms with Crippen LogP contribution in [-0.4, -0.2) is 43.6 Å². The molecule has 31 heavy (non-hydrogen) atoms. The lowest BCUT2D eigenvalue weighted by Gasteiger charge is -2.38. The van der Waals surface area contributed by atoms with Crippen molar-refractivity contribution in [1.82, 2.24) is 14.9 Å². The number of carbonyl (C=O) groups excluding carboxylic acids is 1. The van der Waals surface area contributed by atoms with Gasteiger partial charge in [0.05, 0.1) is 17.6 Å². The molecular weight excluding hydrogens is 392 g/mol. The summed E-state index contributed by atoms with van der Waals surface area (Å²) in [5, 5.41) is 12.7. The van der Waals surface area contributed by atoms with Gasteiger partial charge in [0.1, 0.15) is 6.04 Å². The smallest absolute Gasteiger partial charge is 0.408 e. The van der Waals surface area contributed by atoms with Crippen LogP contribution >= 0.6 is 0 Å². The summed E-state index contributed by atoms with van der Waals surface area (Å²) in [5.41, 5.74) is 2.29. The van der Waals surface area contributed by atoms with E-state index in [1.165, 1.54) is 4.90 Å². The summed E-state index contributed by atoms with van der Waals surface area (Å²) in [5.74, 6) is -0.403. The first kappa shape index (κ1) is 22.0. The van der Waals surface area contributed by atoms with E-state index in [2.05, 4.69) is 15.3 Å². The van der Waals surface area contributed by atoms with Crippen LogP contribution in [0.25, 0.3) is 11.3 Å². The molecule has 2 amide bonds. The lowest BCUT2D eigenvalue weighted by molar-refractivity contribution is -0.122. The van der Waals surface area contributed by atoms with Gasteiger partial charge in [0.15, 0.2) is 0 Å². The van der Waals surface area contributed by atoms with Crippen LogP contribution in [0.3, 0.4) is 0 Å². The van der Waals surface area contributed by atoms with E-state index in [0.29, 0.717) is 5.69 Å². The van der Waals surface area contributed by atoms with Gasteiger partial charge in [-0.2, -0.15) is 0 Å². The topological polar surface area (TPSA) is 95.4 Å². The average Bonchev–Trinajstić information content (AvgIpc) is 2.74. The van der Waals surface area contributed by atoms with Gasteiger partial charge in [-0.05, 0) is 50.6 Å². The van der Waals surface area contributed by atoms with Crippen LogP contribution < -0.4 is 5.32 Å². The summed E-state index contributed by atoms with van der Waals surface area (Å²) >= 11 is 0. The molecule has 7 nitrogen and oxygen atoms in total. The molecule has 0 fully saturated rings. The predicted molar refractivity (Wildman–Crippen MR) is 120 cm³/mol. The summed E-state index contributed by atoms with van der Waals surface area (Å²) in [4.78, 5) is 34.9. The Hall–Kier alpha value is -3.74. The molecule has 160 valence electrons. The molecule has 3 rings (SSSR count). The highest BCUT2D eigenvalue weighted by Gasteiger charge is 2.37. The zero-order valence-corrected chi connectivity index (χ0v) is 17.8. The molecule has 0 bridgehead atoms. The summed E-state index contributed by atoms with van der Waals surface area (Å²) < 4.78 is 0. The van der Waals surface area contributed by atoms with Gasteiger partial charge in [0, 0.05) is 29.9 Å². The molecule has 1 aromatic carbocycles. The zero-order valence-electron chi connectivity index (χ0n) is 17.8. The highest BCUT2D eigenvalue weighted by Crippen LogP contribution is 2.23. The van der Waals surface area contributed by atoms with Crippen molar-refractivity contribution in [2.45, 2.75) is 38.8 Å². The molecule has 2 heterocycles. The number of rotatable bonds is 6. The van der Waals surface area contributed by atoms with Gasteiger partial charge in [0.2, 0.25) is 5.91 Å². The summed E-state index contributed by atoms with van der Waals surface area (Å²) in [7, 11) is 0. The Morgan fingerprint density at radius 3 is 2.26 bits per heavy atom. The molecule has 3 aromatic rings. The summed E-state index contributed by atoms with van der Waals surface area (Å²) in [6.07, 6.45) is 4.06. The van der Waals surface area contributed by atoms with Gasteiger partial charge >= 0.3 is 6.09 Å². The van der Waals surface area contributed by atoms with Gasteiger partial charge in [-0.15, -0.1) is 0 Å². The quantitative estimate of drug-likeness (QED) is 0.616. The normalized spacial score (nSPS) is 12.1. The second-order valence-corrected chi connectivity index (χ2v) is 8.19. The minimum Gasteiger partial charge on any atom is -0.465 e. The maximum Gasteiger partial charge on any atom is 0.408 e. The van der Waals surface area contributed by atoms with Crippen LogP contribution in [0.5, 0.6) is 0 Å². The Kier molecular flexibility index (Phi) is 6.65. The maximum absolute atomic E-state index is 13.2. The number of benzene rings is 1. The first-order chi connectivity index (χ1) is 14.8. The van der Waals surface area contributed by atoms with Gasteiger partial charge in [-0.25, -0.2) is 4.79 Å². The Morgan fingerprint density at radius 2 is 1.71 bits per heavy atom. The van der Waals surface area contributed by atoms with E-state index in [1.54, 1.807) is 51.5 Å². The number of nitrogens with one attached hydrogen (secondary N) is 1. The van der Waals surface area contributed by atoms with Crippen molar-refractivity contribution in [3.63, 3.8) is 0 Å². The van der Waals surface area contributed by atoms with Crippen LogP contribution in [-0.2, 0) is 11.2 Å². The Balaban J connectivity index is 1.84. The number of carbonyl (C=O) groups is 2. The first-order valence-electron chi connectivity index (χ1n) is 9.99. The fraction of sp³-hybridized carbons (Fsp3) is 0.250. The Morgan fingerprint density at radius 1 is 1.03 bits per heavy atom. The maximum atomic E-state index is 13.2. The number of pyridine rings is 2. The number of amides is 2. The molecular formula is C24H26N4O3. The van der Waals surface area contributed by atoms with Gasteiger partial charge < -0.3 is 10.4 Å². The fourth-order valence-electron chi connectivity index (χ4n) is 3.41. The van der Waals surface area contributed by atoms with Crippen molar-refractivity contribution in [3.8, 4) is 11.3 Å². The average molecular weight is 418 g/mol. The molecule has 2 N–H and O–H groups in total. The number of nitrogens with zero attached hydrogens (tertiary/aromatic N) is 3. The van der Waals surface area contributed by atoms with Crippen molar-refractivity contribution < 1.29 is 14.7 Å². The van der Waals surface area contributed by atoms with Crippen LogP contribution in [0.2, 0.25) is 0 Å². The molecule has 7 heteroatoms. The minimum atomic E-state index is -1.14. The lowest BCUT2D eigenvalue weighted by Crippen LogP contribution is -2.56. The van der Waals surface area contributed by atoms with Crippen LogP contribution in [0.1, 0.15) is 26.3 Å². The van der Waals surface area contributed by atoms with Gasteiger partial charge in [0.25, 0.3) is 0 Å². The van der Waals surface area contributed by atoms with Crippen molar-refractivity contribution in [1.29, 1.82) is 0 Å². The third-order valence-corrected chi connectivity index (χ3v) is 4.82. The fourth-order valence-corrected chi connectivity index (χ4v) is 3.41. The van der Waals surface area contributed by atoms with E-state index in [1.807, 2.05) is 42.5 Å². The summed E-state index contributed by atoms with van der Waals surface area (Å²) in [6.45, 7) is 5.33.